The molecule has 2 heterocycles. The molecule has 1 amide bonds. The molecule has 0 saturated heterocycles. The maximum Gasteiger partial charge on any atom is 0.233 e. The largest absolute Gasteiger partial charge is 0.486 e. The number of carbonyl (C=O) groups is 1. The number of likely N-dealkylation sites (N-methyl/N-ethyl adjacent to an activating group) is 1. The lowest BCUT2D eigenvalue weighted by atomic mass is 10.2. The summed E-state index contributed by atoms with van der Waals surface area (Å²) >= 11 is 2.63. The Bertz CT molecular complexity index is 710. The molecule has 9 heteroatoms. The summed E-state index contributed by atoms with van der Waals surface area (Å²) in [5.74, 6) is 1.79. The number of carbonyl (C=O) groups excluding carboxylic acids is 1. The van der Waals surface area contributed by atoms with E-state index in [4.69, 9.17) is 15.2 Å². The summed E-state index contributed by atoms with van der Waals surface area (Å²) in [4.78, 5) is 14.2. The number of para-hydroxylation sites is 2. The van der Waals surface area contributed by atoms with E-state index in [1.54, 1.807) is 4.90 Å². The van der Waals surface area contributed by atoms with Crippen molar-refractivity contribution in [1.82, 2.24) is 15.1 Å². The van der Waals surface area contributed by atoms with Gasteiger partial charge in [0.05, 0.1) is 12.3 Å². The lowest BCUT2D eigenvalue weighted by Crippen LogP contribution is -2.44. The number of ether oxygens (including phenoxy) is 2. The Balaban J connectivity index is 1.53. The minimum atomic E-state index is -0.175. The number of aromatic nitrogens is 2. The Labute approximate surface area is 148 Å². The molecule has 2 N–H and O–H groups in total. The second kappa shape index (κ2) is 7.71. The summed E-state index contributed by atoms with van der Waals surface area (Å²) in [6.45, 7) is 3.48. The van der Waals surface area contributed by atoms with E-state index >= 15 is 0 Å². The molecule has 1 aliphatic rings. The number of thioether (sulfide) groups is 1. The van der Waals surface area contributed by atoms with Crippen molar-refractivity contribution in [2.24, 2.45) is 0 Å². The van der Waals surface area contributed by atoms with E-state index in [-0.39, 0.29) is 12.0 Å². The highest BCUT2D eigenvalue weighted by Gasteiger charge is 2.24. The average molecular weight is 366 g/mol. The summed E-state index contributed by atoms with van der Waals surface area (Å²) in [5, 5.41) is 8.05. The van der Waals surface area contributed by atoms with Crippen molar-refractivity contribution in [3.63, 3.8) is 0 Å². The first-order chi connectivity index (χ1) is 11.7. The Kier molecular flexibility index (Phi) is 5.41. The monoisotopic (exact) mass is 366 g/mol. The summed E-state index contributed by atoms with van der Waals surface area (Å²) in [6.07, 6.45) is -0.175. The third-order valence-electron chi connectivity index (χ3n) is 3.47. The summed E-state index contributed by atoms with van der Waals surface area (Å²) in [7, 11) is 0. The molecule has 1 aromatic carbocycles. The number of rotatable bonds is 6. The molecule has 0 fully saturated rings. The van der Waals surface area contributed by atoms with E-state index in [0.29, 0.717) is 34.9 Å². The number of hydrogen-bond donors (Lipinski definition) is 1. The number of amides is 1. The van der Waals surface area contributed by atoms with Crippen LogP contribution in [0.15, 0.2) is 28.6 Å². The van der Waals surface area contributed by atoms with Crippen LogP contribution >= 0.6 is 23.1 Å². The zero-order valence-corrected chi connectivity index (χ0v) is 14.8. The Morgan fingerprint density at radius 2 is 2.21 bits per heavy atom. The molecule has 0 aliphatic carbocycles. The van der Waals surface area contributed by atoms with Gasteiger partial charge >= 0.3 is 0 Å². The Hall–Kier alpha value is -2.00. The van der Waals surface area contributed by atoms with Crippen LogP contribution in [0.2, 0.25) is 0 Å². The van der Waals surface area contributed by atoms with Gasteiger partial charge in [0.25, 0.3) is 0 Å². The van der Waals surface area contributed by atoms with Crippen molar-refractivity contribution >= 4 is 34.1 Å². The fourth-order valence-electron chi connectivity index (χ4n) is 2.30. The van der Waals surface area contributed by atoms with Gasteiger partial charge in [-0.05, 0) is 19.1 Å². The third-order valence-corrected chi connectivity index (χ3v) is 5.34. The van der Waals surface area contributed by atoms with Crippen LogP contribution in [0.1, 0.15) is 6.92 Å². The molecular formula is C15H18N4O3S2. The molecule has 1 aromatic heterocycles. The van der Waals surface area contributed by atoms with Gasteiger partial charge in [-0.1, -0.05) is 35.2 Å². The third kappa shape index (κ3) is 4.09. The van der Waals surface area contributed by atoms with Gasteiger partial charge in [-0.15, -0.1) is 10.2 Å². The average Bonchev–Trinajstić information content (AvgIpc) is 3.02. The predicted octanol–water partition coefficient (Wildman–Crippen LogP) is 1.90. The summed E-state index contributed by atoms with van der Waals surface area (Å²) in [6, 6.07) is 7.55. The normalized spacial score (nSPS) is 16.0. The molecule has 7 nitrogen and oxygen atoms in total. The number of nitrogen functional groups attached to an aromatic ring is 1. The van der Waals surface area contributed by atoms with E-state index in [2.05, 4.69) is 10.2 Å². The second-order valence-corrected chi connectivity index (χ2v) is 7.36. The molecule has 2 aromatic rings. The highest BCUT2D eigenvalue weighted by atomic mass is 32.2. The van der Waals surface area contributed by atoms with E-state index in [9.17, 15) is 4.79 Å². The van der Waals surface area contributed by atoms with Crippen LogP contribution in [-0.2, 0) is 4.79 Å². The molecule has 0 radical (unpaired) electrons. The maximum absolute atomic E-state index is 12.4. The Morgan fingerprint density at radius 1 is 1.42 bits per heavy atom. The van der Waals surface area contributed by atoms with Gasteiger partial charge < -0.3 is 20.1 Å². The smallest absolute Gasteiger partial charge is 0.233 e. The van der Waals surface area contributed by atoms with Crippen molar-refractivity contribution in [1.29, 1.82) is 0 Å². The predicted molar refractivity (Wildman–Crippen MR) is 93.7 cm³/mol. The second-order valence-electron chi connectivity index (χ2n) is 5.12. The minimum absolute atomic E-state index is 0.0266. The van der Waals surface area contributed by atoms with Gasteiger partial charge in [0, 0.05) is 6.54 Å². The van der Waals surface area contributed by atoms with Crippen LogP contribution < -0.4 is 15.2 Å². The highest BCUT2D eigenvalue weighted by Crippen LogP contribution is 2.31. The molecule has 1 aliphatic heterocycles. The Morgan fingerprint density at radius 3 is 2.92 bits per heavy atom. The fraction of sp³-hybridized carbons (Fsp3) is 0.400. The minimum Gasteiger partial charge on any atom is -0.486 e. The van der Waals surface area contributed by atoms with Gasteiger partial charge in [-0.25, -0.2) is 0 Å². The molecule has 3 rings (SSSR count). The van der Waals surface area contributed by atoms with Crippen molar-refractivity contribution in [2.45, 2.75) is 17.4 Å². The summed E-state index contributed by atoms with van der Waals surface area (Å²) < 4.78 is 12.3. The molecular weight excluding hydrogens is 348 g/mol. The van der Waals surface area contributed by atoms with Gasteiger partial charge in [0.15, 0.2) is 21.9 Å². The zero-order valence-electron chi connectivity index (χ0n) is 13.2. The van der Waals surface area contributed by atoms with Gasteiger partial charge in [0.2, 0.25) is 11.0 Å². The molecule has 1 unspecified atom stereocenters. The number of fused-ring (bicyclic) bond motifs is 1. The van der Waals surface area contributed by atoms with Crippen LogP contribution in [0.5, 0.6) is 11.5 Å². The number of nitrogens with two attached hydrogens (primary N) is 1. The zero-order chi connectivity index (χ0) is 16.9. The van der Waals surface area contributed by atoms with Crippen LogP contribution in [0, 0.1) is 0 Å². The number of hydrogen-bond acceptors (Lipinski definition) is 8. The van der Waals surface area contributed by atoms with E-state index in [1.165, 1.54) is 23.1 Å². The van der Waals surface area contributed by atoms with Crippen LogP contribution in [0.3, 0.4) is 0 Å². The molecule has 1 atom stereocenters. The first-order valence-electron chi connectivity index (χ1n) is 7.53. The topological polar surface area (TPSA) is 90.6 Å². The lowest BCUT2D eigenvalue weighted by Gasteiger charge is -2.30. The SMILES string of the molecule is CCN(CC1COc2ccccc2O1)C(=O)CSc1nnc(N)s1. The quantitative estimate of drug-likeness (QED) is 0.781. The molecule has 24 heavy (non-hydrogen) atoms. The molecule has 128 valence electrons. The number of benzene rings is 1. The standard InChI is InChI=1S/C15H18N4O3S2/c1-2-19(13(20)9-23-15-18-17-14(16)24-15)7-10-8-21-11-5-3-4-6-12(11)22-10/h3-6,10H,2,7-9H2,1H3,(H2,16,17). The maximum atomic E-state index is 12.4. The molecule has 0 spiro atoms. The number of anilines is 1. The van der Waals surface area contributed by atoms with Crippen LogP contribution in [-0.4, -0.2) is 52.6 Å². The first-order valence-corrected chi connectivity index (χ1v) is 9.34. The molecule has 0 bridgehead atoms. The van der Waals surface area contributed by atoms with Crippen molar-refractivity contribution in [3.05, 3.63) is 24.3 Å². The van der Waals surface area contributed by atoms with E-state index < -0.39 is 0 Å². The van der Waals surface area contributed by atoms with Crippen LogP contribution in [0.25, 0.3) is 0 Å². The van der Waals surface area contributed by atoms with Crippen LogP contribution in [0.4, 0.5) is 5.13 Å². The fourth-order valence-corrected chi connectivity index (χ4v) is 3.84. The lowest BCUT2D eigenvalue weighted by molar-refractivity contribution is -0.129. The van der Waals surface area contributed by atoms with Gasteiger partial charge in [-0.3, -0.25) is 4.79 Å². The van der Waals surface area contributed by atoms with E-state index in [0.717, 1.165) is 11.5 Å². The van der Waals surface area contributed by atoms with Crippen molar-refractivity contribution in [2.75, 3.05) is 31.2 Å². The van der Waals surface area contributed by atoms with E-state index in [1.807, 2.05) is 31.2 Å². The van der Waals surface area contributed by atoms with Gasteiger partial charge in [0.1, 0.15) is 6.61 Å². The van der Waals surface area contributed by atoms with Crippen molar-refractivity contribution < 1.29 is 14.3 Å². The molecule has 0 saturated carbocycles. The summed E-state index contributed by atoms with van der Waals surface area (Å²) in [5.41, 5.74) is 5.54. The highest BCUT2D eigenvalue weighted by molar-refractivity contribution is 8.01. The van der Waals surface area contributed by atoms with Gasteiger partial charge in [-0.2, -0.15) is 0 Å². The van der Waals surface area contributed by atoms with Crippen molar-refractivity contribution in [3.8, 4) is 11.5 Å². The first kappa shape index (κ1) is 16.8. The number of nitrogens with zero attached hydrogens (tertiary/aromatic N) is 3.